The first-order valence-electron chi connectivity index (χ1n) is 3.29. The Morgan fingerprint density at radius 2 is 2.73 bits per heavy atom. The molecule has 57 valence electrons. The molecule has 0 aliphatic carbocycles. The molecule has 1 heterocycles. The van der Waals surface area contributed by atoms with Crippen LogP contribution in [0.25, 0.3) is 5.01 Å². The van der Waals surface area contributed by atoms with Crippen LogP contribution < -0.4 is 5.32 Å². The van der Waals surface area contributed by atoms with Gasteiger partial charge in [-0.3, -0.25) is 4.79 Å². The fraction of sp³-hybridized carbons (Fsp3) is 0.600. The van der Waals surface area contributed by atoms with Crippen molar-refractivity contribution in [1.29, 1.82) is 0 Å². The summed E-state index contributed by atoms with van der Waals surface area (Å²) in [6, 6.07) is 2.19. The summed E-state index contributed by atoms with van der Waals surface area (Å²) in [5.74, 6) is 0. The third-order valence-electron chi connectivity index (χ3n) is 1.36. The highest BCUT2D eigenvalue weighted by Crippen LogP contribution is 1.95. The molecule has 1 rings (SSSR count). The van der Waals surface area contributed by atoms with Crippen molar-refractivity contribution in [2.45, 2.75) is 6.32 Å². The maximum atomic E-state index is 10.8. The maximum Gasteiger partial charge on any atom is 0.343 e. The van der Waals surface area contributed by atoms with Crippen LogP contribution >= 0.6 is 0 Å². The van der Waals surface area contributed by atoms with E-state index in [0.717, 1.165) is 0 Å². The quantitative estimate of drug-likeness (QED) is 0.425. The molecule has 0 saturated carbocycles. The highest BCUT2D eigenvalue weighted by molar-refractivity contribution is 6.37. The molecule has 0 aromatic carbocycles. The predicted molar refractivity (Wildman–Crippen MR) is 39.7 cm³/mol. The van der Waals surface area contributed by atoms with Crippen LogP contribution in [0.2, 0.25) is 6.32 Å². The first-order valence-corrected chi connectivity index (χ1v) is 3.29. The lowest BCUT2D eigenvalue weighted by Crippen LogP contribution is -2.31. The van der Waals surface area contributed by atoms with E-state index in [4.69, 9.17) is 5.21 Å². The van der Waals surface area contributed by atoms with Gasteiger partial charge in [0.25, 0.3) is 7.41 Å². The van der Waals surface area contributed by atoms with E-state index in [1.54, 1.807) is 7.41 Å². The zero-order valence-electron chi connectivity index (χ0n) is 5.95. The van der Waals surface area contributed by atoms with Crippen molar-refractivity contribution in [2.75, 3.05) is 13.1 Å². The van der Waals surface area contributed by atoms with Gasteiger partial charge in [-0.15, -0.1) is 0 Å². The number of hydrogen-bond donors (Lipinski definition) is 2. The second-order valence-electron chi connectivity index (χ2n) is 2.07. The summed E-state index contributed by atoms with van der Waals surface area (Å²) in [5.41, 5.74) is 0. The summed E-state index contributed by atoms with van der Waals surface area (Å²) in [6.07, 6.45) is 0.351. The normalized spacial score (nSPS) is 15.3. The van der Waals surface area contributed by atoms with Gasteiger partial charge >= 0.3 is 12.1 Å². The molecule has 11 heavy (non-hydrogen) atoms. The van der Waals surface area contributed by atoms with E-state index in [2.05, 4.69) is 16.4 Å². The Bertz CT molecular complexity index is 210. The minimum absolute atomic E-state index is 0.107. The topological polar surface area (TPSA) is 56.9 Å². The zero-order chi connectivity index (χ0) is 8.10. The molecule has 2 amide bonds. The summed E-state index contributed by atoms with van der Waals surface area (Å²) in [7, 11) is 1.63. The van der Waals surface area contributed by atoms with E-state index in [-0.39, 0.29) is 6.03 Å². The van der Waals surface area contributed by atoms with Crippen molar-refractivity contribution in [1.82, 2.24) is 10.1 Å². The Balaban J connectivity index is 2.24. The third-order valence-corrected chi connectivity index (χ3v) is 1.36. The summed E-state index contributed by atoms with van der Waals surface area (Å²) in [4.78, 5) is 12.4. The second-order valence-corrected chi connectivity index (χ2v) is 2.07. The van der Waals surface area contributed by atoms with Crippen LogP contribution in [-0.4, -0.2) is 36.6 Å². The van der Waals surface area contributed by atoms with Gasteiger partial charge in [0.1, 0.15) is 0 Å². The number of carbonyl (C=O) groups excluding carboxylic acids is 1. The van der Waals surface area contributed by atoms with Crippen LogP contribution in [0.5, 0.6) is 0 Å². The van der Waals surface area contributed by atoms with Gasteiger partial charge in [-0.1, -0.05) is 0 Å². The SMILES string of the molecule is O=C1NCCN1[B]CC#[N+]O. The maximum absolute atomic E-state index is 10.8. The number of urea groups is 1. The molecule has 1 radical (unpaired) electrons. The van der Waals surface area contributed by atoms with Crippen molar-refractivity contribution >= 4 is 13.4 Å². The summed E-state index contributed by atoms with van der Waals surface area (Å²) in [6.45, 7) is 1.34. The molecule has 1 aliphatic rings. The molecule has 0 bridgehead atoms. The molecule has 1 fully saturated rings. The van der Waals surface area contributed by atoms with Crippen LogP contribution in [0.3, 0.4) is 0 Å². The fourth-order valence-electron chi connectivity index (χ4n) is 0.852. The lowest BCUT2D eigenvalue weighted by molar-refractivity contribution is 0.236. The second kappa shape index (κ2) is 3.71. The van der Waals surface area contributed by atoms with E-state index in [9.17, 15) is 4.79 Å². The molecular formula is C5H8BN3O2+. The zero-order valence-corrected chi connectivity index (χ0v) is 5.95. The highest BCUT2D eigenvalue weighted by atomic mass is 16.4. The van der Waals surface area contributed by atoms with Crippen molar-refractivity contribution < 1.29 is 10.0 Å². The molecule has 1 saturated heterocycles. The molecular weight excluding hydrogens is 145 g/mol. The van der Waals surface area contributed by atoms with Gasteiger partial charge in [0.05, 0.1) is 6.32 Å². The Kier molecular flexibility index (Phi) is 2.61. The molecule has 0 spiro atoms. The largest absolute Gasteiger partial charge is 0.371 e. The van der Waals surface area contributed by atoms with Gasteiger partial charge in [-0.05, 0) is 0 Å². The van der Waals surface area contributed by atoms with Gasteiger partial charge in [-0.25, -0.2) is 0 Å². The number of hydrogen-bond acceptors (Lipinski definition) is 2. The van der Waals surface area contributed by atoms with Crippen molar-refractivity contribution in [3.63, 3.8) is 0 Å². The molecule has 0 atom stereocenters. The van der Waals surface area contributed by atoms with E-state index in [1.165, 1.54) is 4.81 Å². The molecule has 5 nitrogen and oxygen atoms in total. The van der Waals surface area contributed by atoms with Crippen LogP contribution in [-0.2, 0) is 0 Å². The Labute approximate surface area is 65.0 Å². The van der Waals surface area contributed by atoms with Crippen LogP contribution in [0.1, 0.15) is 0 Å². The molecule has 0 unspecified atom stereocenters. The van der Waals surface area contributed by atoms with Crippen LogP contribution in [0, 0.1) is 6.07 Å². The molecule has 0 aromatic rings. The first kappa shape index (κ1) is 7.73. The van der Waals surface area contributed by atoms with Crippen molar-refractivity contribution in [3.05, 3.63) is 5.01 Å². The van der Waals surface area contributed by atoms with Gasteiger partial charge in [0.15, 0.2) is 0 Å². The average Bonchev–Trinajstić information content (AvgIpc) is 2.37. The third kappa shape index (κ3) is 2.04. The van der Waals surface area contributed by atoms with E-state index < -0.39 is 0 Å². The lowest BCUT2D eigenvalue weighted by atomic mass is 9.88. The minimum Gasteiger partial charge on any atom is -0.371 e. The Morgan fingerprint density at radius 1 is 1.91 bits per heavy atom. The molecule has 1 aliphatic heterocycles. The Hall–Kier alpha value is -1.38. The summed E-state index contributed by atoms with van der Waals surface area (Å²) >= 11 is 0. The van der Waals surface area contributed by atoms with E-state index in [0.29, 0.717) is 19.4 Å². The lowest BCUT2D eigenvalue weighted by Gasteiger charge is -2.08. The highest BCUT2D eigenvalue weighted by Gasteiger charge is 2.19. The molecule has 0 aromatic heterocycles. The predicted octanol–water partition coefficient (Wildman–Crippen LogP) is -0.229. The van der Waals surface area contributed by atoms with Gasteiger partial charge in [0.2, 0.25) is 5.01 Å². The number of nitrogens with zero attached hydrogens (tertiary/aromatic N) is 2. The first-order chi connectivity index (χ1) is 5.34. The Morgan fingerprint density at radius 3 is 3.27 bits per heavy atom. The minimum atomic E-state index is -0.107. The summed E-state index contributed by atoms with van der Waals surface area (Å²) in [5, 5.41) is 13.3. The van der Waals surface area contributed by atoms with Crippen LogP contribution in [0.4, 0.5) is 4.79 Å². The number of amides is 2. The fourth-order valence-corrected chi connectivity index (χ4v) is 0.852. The number of carbonyl (C=O) groups is 1. The van der Waals surface area contributed by atoms with Crippen LogP contribution in [0.15, 0.2) is 0 Å². The standard InChI is InChI=1S/C5H7BN3O2/c10-5-7-3-4-9(5)6-1-2-8-11/h1,3-4H2,(H-,7,10,11)/p+1. The van der Waals surface area contributed by atoms with Gasteiger partial charge in [0, 0.05) is 13.1 Å². The monoisotopic (exact) mass is 153 g/mol. The average molecular weight is 153 g/mol. The smallest absolute Gasteiger partial charge is 0.343 e. The molecule has 2 N–H and O–H groups in total. The summed E-state index contributed by atoms with van der Waals surface area (Å²) < 4.78 is 0. The number of rotatable bonds is 2. The van der Waals surface area contributed by atoms with Gasteiger partial charge in [-0.2, -0.15) is 5.21 Å². The van der Waals surface area contributed by atoms with E-state index in [1.807, 2.05) is 0 Å². The van der Waals surface area contributed by atoms with Crippen molar-refractivity contribution in [2.24, 2.45) is 0 Å². The van der Waals surface area contributed by atoms with Crippen molar-refractivity contribution in [3.8, 4) is 6.07 Å². The van der Waals surface area contributed by atoms with E-state index >= 15 is 0 Å². The van der Waals surface area contributed by atoms with Gasteiger partial charge < -0.3 is 10.1 Å². The molecule has 6 heteroatoms. The number of nitrogens with one attached hydrogen (secondary N) is 1.